The van der Waals surface area contributed by atoms with Crippen LogP contribution in [0.4, 0.5) is 0 Å². The van der Waals surface area contributed by atoms with Gasteiger partial charge >= 0.3 is 0 Å². The molecule has 106 valence electrons. The van der Waals surface area contributed by atoms with Gasteiger partial charge in [0, 0.05) is 20.2 Å². The molecule has 0 aromatic rings. The molecule has 0 radical (unpaired) electrons. The summed E-state index contributed by atoms with van der Waals surface area (Å²) in [5.41, 5.74) is 0.510. The Morgan fingerprint density at radius 1 is 1.22 bits per heavy atom. The number of likely N-dealkylation sites (tertiary alicyclic amines) is 1. The summed E-state index contributed by atoms with van der Waals surface area (Å²) in [4.78, 5) is 2.69. The normalized spacial score (nSPS) is 29.3. The lowest BCUT2D eigenvalue weighted by Gasteiger charge is -2.43. The van der Waals surface area contributed by atoms with Crippen molar-refractivity contribution in [1.82, 2.24) is 4.90 Å². The molecule has 1 saturated heterocycles. The van der Waals surface area contributed by atoms with E-state index in [1.807, 2.05) is 7.11 Å². The van der Waals surface area contributed by atoms with Gasteiger partial charge in [-0.3, -0.25) is 0 Å². The van der Waals surface area contributed by atoms with Gasteiger partial charge in [0.05, 0.1) is 6.61 Å². The zero-order valence-corrected chi connectivity index (χ0v) is 12.8. The number of piperidine rings is 1. The lowest BCUT2D eigenvalue weighted by molar-refractivity contribution is 0.0567. The van der Waals surface area contributed by atoms with Gasteiger partial charge in [-0.25, -0.2) is 0 Å². The van der Waals surface area contributed by atoms with Crippen LogP contribution >= 0.6 is 12.6 Å². The summed E-state index contributed by atoms with van der Waals surface area (Å²) < 4.78 is 5.33. The second-order valence-electron chi connectivity index (χ2n) is 6.42. The molecule has 2 rings (SSSR count). The molecule has 0 spiro atoms. The molecule has 0 bridgehead atoms. The Morgan fingerprint density at radius 2 is 2.00 bits per heavy atom. The maximum atomic E-state index is 5.33. The van der Waals surface area contributed by atoms with E-state index in [0.29, 0.717) is 5.41 Å². The highest BCUT2D eigenvalue weighted by Gasteiger charge is 2.34. The molecule has 1 saturated carbocycles. The molecule has 1 atom stereocenters. The highest BCUT2D eigenvalue weighted by molar-refractivity contribution is 7.80. The van der Waals surface area contributed by atoms with E-state index in [0.717, 1.165) is 18.3 Å². The van der Waals surface area contributed by atoms with Crippen LogP contribution < -0.4 is 0 Å². The van der Waals surface area contributed by atoms with Gasteiger partial charge in [0.1, 0.15) is 0 Å². The molecule has 1 heterocycles. The summed E-state index contributed by atoms with van der Waals surface area (Å²) in [7, 11) is 1.83. The minimum Gasteiger partial charge on any atom is -0.384 e. The van der Waals surface area contributed by atoms with E-state index in [4.69, 9.17) is 4.74 Å². The van der Waals surface area contributed by atoms with Crippen LogP contribution in [0.15, 0.2) is 0 Å². The Kier molecular flexibility index (Phi) is 5.84. The molecule has 18 heavy (non-hydrogen) atoms. The molecule has 0 aromatic heterocycles. The molecule has 0 N–H and O–H groups in total. The monoisotopic (exact) mass is 271 g/mol. The van der Waals surface area contributed by atoms with Crippen molar-refractivity contribution in [2.24, 2.45) is 11.3 Å². The third kappa shape index (κ3) is 3.88. The second-order valence-corrected chi connectivity index (χ2v) is 6.73. The van der Waals surface area contributed by atoms with Gasteiger partial charge < -0.3 is 9.64 Å². The van der Waals surface area contributed by atoms with E-state index in [2.05, 4.69) is 17.5 Å². The Bertz CT molecular complexity index is 239. The van der Waals surface area contributed by atoms with Crippen LogP contribution in [0, 0.1) is 11.3 Å². The predicted octanol–water partition coefficient (Wildman–Crippen LogP) is 3.23. The summed E-state index contributed by atoms with van der Waals surface area (Å²) >= 11 is 4.66. The fourth-order valence-corrected chi connectivity index (χ4v) is 4.23. The van der Waals surface area contributed by atoms with E-state index < -0.39 is 0 Å². The quantitative estimate of drug-likeness (QED) is 0.771. The second kappa shape index (κ2) is 7.16. The average molecular weight is 271 g/mol. The van der Waals surface area contributed by atoms with Gasteiger partial charge in [0.25, 0.3) is 0 Å². The van der Waals surface area contributed by atoms with Gasteiger partial charge in [0.2, 0.25) is 0 Å². The van der Waals surface area contributed by atoms with Crippen molar-refractivity contribution in [1.29, 1.82) is 0 Å². The molecule has 1 aliphatic heterocycles. The van der Waals surface area contributed by atoms with Crippen molar-refractivity contribution >= 4 is 12.6 Å². The van der Waals surface area contributed by atoms with E-state index in [9.17, 15) is 0 Å². The van der Waals surface area contributed by atoms with Crippen LogP contribution in [0.1, 0.15) is 44.9 Å². The predicted molar refractivity (Wildman–Crippen MR) is 80.4 cm³/mol. The first kappa shape index (κ1) is 14.7. The minimum atomic E-state index is 0.510. The van der Waals surface area contributed by atoms with Crippen molar-refractivity contribution < 1.29 is 4.74 Å². The van der Waals surface area contributed by atoms with Crippen LogP contribution in [0.2, 0.25) is 0 Å². The topological polar surface area (TPSA) is 12.5 Å². The Hall–Kier alpha value is 0.270. The Morgan fingerprint density at radius 3 is 2.67 bits per heavy atom. The minimum absolute atomic E-state index is 0.510. The van der Waals surface area contributed by atoms with E-state index >= 15 is 0 Å². The largest absolute Gasteiger partial charge is 0.384 e. The van der Waals surface area contributed by atoms with Crippen LogP contribution in [0.3, 0.4) is 0 Å². The Labute approximate surface area is 118 Å². The van der Waals surface area contributed by atoms with Crippen molar-refractivity contribution in [2.75, 3.05) is 39.1 Å². The van der Waals surface area contributed by atoms with Crippen LogP contribution in [-0.4, -0.2) is 44.0 Å². The molecule has 3 heteroatoms. The van der Waals surface area contributed by atoms with Crippen LogP contribution in [0.25, 0.3) is 0 Å². The number of rotatable bonds is 5. The van der Waals surface area contributed by atoms with Crippen LogP contribution in [0.5, 0.6) is 0 Å². The number of thiol groups is 1. The lowest BCUT2D eigenvalue weighted by Crippen LogP contribution is -2.45. The summed E-state index contributed by atoms with van der Waals surface area (Å²) in [6.45, 7) is 4.74. The fraction of sp³-hybridized carbons (Fsp3) is 1.00. The van der Waals surface area contributed by atoms with Gasteiger partial charge in [-0.2, -0.15) is 12.6 Å². The van der Waals surface area contributed by atoms with Crippen molar-refractivity contribution in [3.8, 4) is 0 Å². The van der Waals surface area contributed by atoms with Crippen molar-refractivity contribution in [3.63, 3.8) is 0 Å². The van der Waals surface area contributed by atoms with Gasteiger partial charge in [-0.05, 0) is 49.3 Å². The van der Waals surface area contributed by atoms with Gasteiger partial charge in [-0.1, -0.05) is 19.3 Å². The first-order valence-corrected chi connectivity index (χ1v) is 8.23. The fourth-order valence-electron chi connectivity index (χ4n) is 3.81. The Balaban J connectivity index is 1.86. The molecule has 1 aliphatic carbocycles. The van der Waals surface area contributed by atoms with Crippen LogP contribution in [-0.2, 0) is 4.74 Å². The zero-order chi connectivity index (χ0) is 12.8. The number of nitrogens with zero attached hydrogens (tertiary/aromatic N) is 1. The van der Waals surface area contributed by atoms with Crippen molar-refractivity contribution in [2.45, 2.75) is 44.9 Å². The molecular formula is C15H29NOS. The third-order valence-corrected chi connectivity index (χ3v) is 5.48. The molecular weight excluding hydrogens is 242 g/mol. The average Bonchev–Trinajstić information content (AvgIpc) is 2.41. The standard InChI is InChI=1S/C15H29NOS/c1-17-11-14-6-5-9-16(10-14)12-15(13-18)7-3-2-4-8-15/h14,18H,2-13H2,1H3. The number of methoxy groups -OCH3 is 1. The summed E-state index contributed by atoms with van der Waals surface area (Å²) in [6, 6.07) is 0. The van der Waals surface area contributed by atoms with Gasteiger partial charge in [-0.15, -0.1) is 0 Å². The number of hydrogen-bond acceptors (Lipinski definition) is 3. The van der Waals surface area contributed by atoms with E-state index in [1.54, 1.807) is 0 Å². The molecule has 0 aromatic carbocycles. The van der Waals surface area contributed by atoms with Crippen molar-refractivity contribution in [3.05, 3.63) is 0 Å². The first-order valence-electron chi connectivity index (χ1n) is 7.60. The number of hydrogen-bond donors (Lipinski definition) is 1. The molecule has 2 fully saturated rings. The molecule has 1 unspecified atom stereocenters. The highest BCUT2D eigenvalue weighted by Crippen LogP contribution is 2.38. The number of ether oxygens (including phenoxy) is 1. The summed E-state index contributed by atoms with van der Waals surface area (Å²) in [6.07, 6.45) is 9.73. The maximum Gasteiger partial charge on any atom is 0.0502 e. The van der Waals surface area contributed by atoms with Gasteiger partial charge in [0.15, 0.2) is 0 Å². The van der Waals surface area contributed by atoms with E-state index in [1.165, 1.54) is 64.6 Å². The maximum absolute atomic E-state index is 5.33. The molecule has 2 aliphatic rings. The van der Waals surface area contributed by atoms with E-state index in [-0.39, 0.29) is 0 Å². The first-order chi connectivity index (χ1) is 8.78. The SMILES string of the molecule is COCC1CCCN(CC2(CS)CCCCC2)C1. The highest BCUT2D eigenvalue weighted by atomic mass is 32.1. The summed E-state index contributed by atoms with van der Waals surface area (Å²) in [5.74, 6) is 1.82. The molecule has 0 amide bonds. The smallest absolute Gasteiger partial charge is 0.0502 e. The summed E-state index contributed by atoms with van der Waals surface area (Å²) in [5, 5.41) is 0. The third-order valence-electron chi connectivity index (χ3n) is 4.81. The molecule has 2 nitrogen and oxygen atoms in total. The lowest BCUT2D eigenvalue weighted by atomic mass is 9.75. The zero-order valence-electron chi connectivity index (χ0n) is 11.9.